The second-order valence-electron chi connectivity index (χ2n) is 5.24. The van der Waals surface area contributed by atoms with Crippen molar-refractivity contribution in [3.05, 3.63) is 22.6 Å². The number of hydrogen-bond acceptors (Lipinski definition) is 4. The highest BCUT2D eigenvalue weighted by molar-refractivity contribution is 9.10. The average molecular weight is 388 g/mol. The van der Waals surface area contributed by atoms with Gasteiger partial charge in [0.25, 0.3) is 5.91 Å². The van der Waals surface area contributed by atoms with Gasteiger partial charge in [0.15, 0.2) is 10.4 Å². The molecular weight excluding hydrogens is 366 g/mol. The van der Waals surface area contributed by atoms with Crippen LogP contribution in [0.15, 0.2) is 21.2 Å². The predicted octanol–water partition coefficient (Wildman–Crippen LogP) is 1.54. The predicted molar refractivity (Wildman–Crippen MR) is 88.9 cm³/mol. The molecule has 2 N–H and O–H groups in total. The Balaban J connectivity index is 2.30. The minimum absolute atomic E-state index is 0.107. The van der Waals surface area contributed by atoms with Crippen LogP contribution in [0, 0.1) is 0 Å². The molecule has 8 heteroatoms. The maximum absolute atomic E-state index is 12.0. The van der Waals surface area contributed by atoms with Gasteiger partial charge in [-0.2, -0.15) is 0 Å². The molecule has 1 aromatic heterocycles. The number of furan rings is 1. The van der Waals surface area contributed by atoms with Gasteiger partial charge in [-0.15, -0.1) is 0 Å². The van der Waals surface area contributed by atoms with E-state index in [0.717, 1.165) is 6.42 Å². The molecule has 0 fully saturated rings. The largest absolute Gasteiger partial charge is 0.444 e. The summed E-state index contributed by atoms with van der Waals surface area (Å²) in [6.07, 6.45) is 1.06. The van der Waals surface area contributed by atoms with Gasteiger partial charge in [0.1, 0.15) is 0 Å². The highest BCUT2D eigenvalue weighted by atomic mass is 79.9. The summed E-state index contributed by atoms with van der Waals surface area (Å²) in [5.74, 6) is -0.673. The molecule has 0 radical (unpaired) electrons. The number of rotatable bonds is 8. The molecule has 0 bridgehead atoms. The number of nitrogens with zero attached hydrogens (tertiary/aromatic N) is 1. The number of likely N-dealkylation sites (N-methyl/N-ethyl adjacent to an activating group) is 1. The van der Waals surface area contributed by atoms with Crippen LogP contribution in [-0.2, 0) is 9.59 Å². The molecular formula is C15H22BrN3O4. The number of nitrogens with one attached hydrogen (secondary N) is 2. The van der Waals surface area contributed by atoms with E-state index in [1.807, 2.05) is 13.8 Å². The highest BCUT2D eigenvalue weighted by Gasteiger charge is 2.18. The van der Waals surface area contributed by atoms with Crippen LogP contribution in [0.25, 0.3) is 0 Å². The number of carbonyl (C=O) groups is 3. The van der Waals surface area contributed by atoms with Crippen LogP contribution in [0.4, 0.5) is 0 Å². The van der Waals surface area contributed by atoms with Crippen molar-refractivity contribution >= 4 is 33.7 Å². The van der Waals surface area contributed by atoms with Gasteiger partial charge in [-0.1, -0.05) is 6.92 Å². The van der Waals surface area contributed by atoms with Crippen LogP contribution < -0.4 is 10.6 Å². The fraction of sp³-hybridized carbons (Fsp3) is 0.533. The Morgan fingerprint density at radius 2 is 2.00 bits per heavy atom. The van der Waals surface area contributed by atoms with Crippen molar-refractivity contribution in [2.75, 3.05) is 20.1 Å². The van der Waals surface area contributed by atoms with E-state index in [9.17, 15) is 14.4 Å². The van der Waals surface area contributed by atoms with Crippen LogP contribution in [0.2, 0.25) is 0 Å². The van der Waals surface area contributed by atoms with Crippen LogP contribution in [0.5, 0.6) is 0 Å². The van der Waals surface area contributed by atoms with Crippen molar-refractivity contribution in [1.29, 1.82) is 0 Å². The van der Waals surface area contributed by atoms with Gasteiger partial charge in [0, 0.05) is 26.1 Å². The summed E-state index contributed by atoms with van der Waals surface area (Å²) < 4.78 is 5.60. The van der Waals surface area contributed by atoms with Gasteiger partial charge in [-0.3, -0.25) is 14.4 Å². The van der Waals surface area contributed by atoms with Crippen LogP contribution in [0.1, 0.15) is 37.2 Å². The van der Waals surface area contributed by atoms with Crippen molar-refractivity contribution < 1.29 is 18.8 Å². The Kier molecular flexibility index (Phi) is 7.80. The molecule has 1 atom stereocenters. The first-order valence-electron chi connectivity index (χ1n) is 7.40. The molecule has 1 unspecified atom stereocenters. The molecule has 128 valence electrons. The molecule has 23 heavy (non-hydrogen) atoms. The Bertz CT molecular complexity index is 559. The fourth-order valence-electron chi connectivity index (χ4n) is 1.72. The second kappa shape index (κ2) is 9.34. The van der Waals surface area contributed by atoms with Crippen LogP contribution in [-0.4, -0.2) is 48.8 Å². The third kappa shape index (κ3) is 6.85. The maximum Gasteiger partial charge on any atom is 0.289 e. The van der Waals surface area contributed by atoms with Crippen LogP contribution in [0.3, 0.4) is 0 Å². The quantitative estimate of drug-likeness (QED) is 0.707. The van der Waals surface area contributed by atoms with E-state index in [-0.39, 0.29) is 49.0 Å². The smallest absolute Gasteiger partial charge is 0.289 e. The van der Waals surface area contributed by atoms with Gasteiger partial charge in [-0.05, 0) is 41.4 Å². The van der Waals surface area contributed by atoms with E-state index in [1.165, 1.54) is 18.0 Å². The number of carbonyl (C=O) groups excluding carboxylic acids is 3. The first-order valence-corrected chi connectivity index (χ1v) is 8.19. The first kappa shape index (κ1) is 19.2. The van der Waals surface area contributed by atoms with E-state index in [4.69, 9.17) is 4.42 Å². The topological polar surface area (TPSA) is 91.7 Å². The summed E-state index contributed by atoms with van der Waals surface area (Å²) in [7, 11) is 1.51. The van der Waals surface area contributed by atoms with Gasteiger partial charge in [-0.25, -0.2) is 0 Å². The lowest BCUT2D eigenvalue weighted by molar-refractivity contribution is -0.122. The Morgan fingerprint density at radius 1 is 1.30 bits per heavy atom. The van der Waals surface area contributed by atoms with Gasteiger partial charge in [0.2, 0.25) is 11.8 Å². The Hall–Kier alpha value is -1.83. The molecule has 0 aromatic carbocycles. The molecule has 0 saturated carbocycles. The van der Waals surface area contributed by atoms with Gasteiger partial charge < -0.3 is 20.0 Å². The first-order chi connectivity index (χ1) is 10.8. The average Bonchev–Trinajstić information content (AvgIpc) is 2.92. The molecule has 0 aliphatic rings. The van der Waals surface area contributed by atoms with E-state index < -0.39 is 0 Å². The van der Waals surface area contributed by atoms with Crippen molar-refractivity contribution in [3.8, 4) is 0 Å². The molecule has 1 aromatic rings. The molecule has 3 amide bonds. The molecule has 0 spiro atoms. The van der Waals surface area contributed by atoms with Crippen molar-refractivity contribution in [2.24, 2.45) is 0 Å². The van der Waals surface area contributed by atoms with Crippen molar-refractivity contribution in [3.63, 3.8) is 0 Å². The maximum atomic E-state index is 12.0. The van der Waals surface area contributed by atoms with Gasteiger partial charge in [0.05, 0.1) is 6.54 Å². The van der Waals surface area contributed by atoms with E-state index in [1.54, 1.807) is 6.07 Å². The second-order valence-corrected chi connectivity index (χ2v) is 6.02. The Labute approximate surface area is 143 Å². The zero-order valence-corrected chi connectivity index (χ0v) is 15.1. The molecule has 1 heterocycles. The summed E-state index contributed by atoms with van der Waals surface area (Å²) in [6, 6.07) is 3.26. The van der Waals surface area contributed by atoms with Crippen molar-refractivity contribution in [2.45, 2.75) is 32.7 Å². The van der Waals surface area contributed by atoms with Crippen LogP contribution >= 0.6 is 15.9 Å². The molecule has 0 aliphatic carbocycles. The molecule has 0 aliphatic heterocycles. The summed E-state index contributed by atoms with van der Waals surface area (Å²) in [4.78, 5) is 36.6. The SMILES string of the molecule is CCC(C)NC(=O)CCNC(=O)CN(C)C(=O)c1ccc(Br)o1. The summed E-state index contributed by atoms with van der Waals surface area (Å²) in [5, 5.41) is 5.43. The number of amides is 3. The lowest BCUT2D eigenvalue weighted by Crippen LogP contribution is -2.40. The minimum Gasteiger partial charge on any atom is -0.444 e. The summed E-state index contributed by atoms with van der Waals surface area (Å²) >= 11 is 3.12. The molecule has 7 nitrogen and oxygen atoms in total. The normalized spacial score (nSPS) is 11.7. The van der Waals surface area contributed by atoms with E-state index in [0.29, 0.717) is 4.67 Å². The zero-order chi connectivity index (χ0) is 17.4. The summed E-state index contributed by atoms with van der Waals surface area (Å²) in [6.45, 7) is 4.03. The summed E-state index contributed by atoms with van der Waals surface area (Å²) in [5.41, 5.74) is 0. The minimum atomic E-state index is -0.389. The van der Waals surface area contributed by atoms with Gasteiger partial charge >= 0.3 is 0 Å². The van der Waals surface area contributed by atoms with E-state index >= 15 is 0 Å². The standard InChI is InChI=1S/C15H22BrN3O4/c1-4-10(2)18-13(20)7-8-17-14(21)9-19(3)15(22)11-5-6-12(16)23-11/h5-6,10H,4,7-9H2,1-3H3,(H,17,21)(H,18,20). The lowest BCUT2D eigenvalue weighted by atomic mass is 10.2. The van der Waals surface area contributed by atoms with Crippen molar-refractivity contribution in [1.82, 2.24) is 15.5 Å². The highest BCUT2D eigenvalue weighted by Crippen LogP contribution is 2.15. The fourth-order valence-corrected chi connectivity index (χ4v) is 2.03. The number of halogens is 1. The molecule has 1 rings (SSSR count). The number of hydrogen-bond donors (Lipinski definition) is 2. The molecule has 0 saturated heterocycles. The third-order valence-corrected chi connectivity index (χ3v) is 3.63. The lowest BCUT2D eigenvalue weighted by Gasteiger charge is -2.15. The van der Waals surface area contributed by atoms with E-state index in [2.05, 4.69) is 26.6 Å². The third-order valence-electron chi connectivity index (χ3n) is 3.21. The Morgan fingerprint density at radius 3 is 2.57 bits per heavy atom. The zero-order valence-electron chi connectivity index (χ0n) is 13.5. The monoisotopic (exact) mass is 387 g/mol.